The monoisotopic (exact) mass is 253 g/mol. The van der Waals surface area contributed by atoms with Crippen molar-refractivity contribution >= 4 is 5.91 Å². The molecule has 2 rings (SSSR count). The van der Waals surface area contributed by atoms with Crippen molar-refractivity contribution in [2.75, 3.05) is 46.3 Å². The number of rotatable bonds is 4. The summed E-state index contributed by atoms with van der Waals surface area (Å²) in [6, 6.07) is 0. The zero-order valence-electron chi connectivity index (χ0n) is 11.7. The molecule has 1 amide bonds. The summed E-state index contributed by atoms with van der Waals surface area (Å²) in [7, 11) is 1.97. The van der Waals surface area contributed by atoms with Crippen LogP contribution in [0.25, 0.3) is 0 Å². The summed E-state index contributed by atoms with van der Waals surface area (Å²) in [6.45, 7) is 6.31. The van der Waals surface area contributed by atoms with Crippen molar-refractivity contribution in [1.29, 1.82) is 0 Å². The topological polar surface area (TPSA) is 35.6 Å². The summed E-state index contributed by atoms with van der Waals surface area (Å²) in [5, 5.41) is 3.35. The normalized spacial score (nSPS) is 22.9. The Morgan fingerprint density at radius 2 is 1.89 bits per heavy atom. The van der Waals surface area contributed by atoms with E-state index in [9.17, 15) is 4.79 Å². The fourth-order valence-electron chi connectivity index (χ4n) is 3.00. The van der Waals surface area contributed by atoms with Gasteiger partial charge in [-0.05, 0) is 12.8 Å². The maximum absolute atomic E-state index is 12.3. The number of amides is 1. The summed E-state index contributed by atoms with van der Waals surface area (Å²) in [5.41, 5.74) is 0. The molecule has 0 spiro atoms. The molecular formula is C14H27N3O. The van der Waals surface area contributed by atoms with Gasteiger partial charge in [-0.3, -0.25) is 9.69 Å². The van der Waals surface area contributed by atoms with Crippen LogP contribution in [0.15, 0.2) is 0 Å². The third-order valence-electron chi connectivity index (χ3n) is 4.29. The van der Waals surface area contributed by atoms with Gasteiger partial charge in [0.15, 0.2) is 0 Å². The van der Waals surface area contributed by atoms with E-state index >= 15 is 0 Å². The van der Waals surface area contributed by atoms with Crippen LogP contribution in [0, 0.1) is 5.92 Å². The van der Waals surface area contributed by atoms with Gasteiger partial charge in [0.05, 0.1) is 0 Å². The molecule has 1 aliphatic carbocycles. The summed E-state index contributed by atoms with van der Waals surface area (Å²) >= 11 is 0. The molecule has 4 heteroatoms. The molecule has 1 aliphatic heterocycles. The van der Waals surface area contributed by atoms with Gasteiger partial charge in [-0.1, -0.05) is 19.3 Å². The number of hydrogen-bond donors (Lipinski definition) is 1. The van der Waals surface area contributed by atoms with E-state index in [4.69, 9.17) is 0 Å². The molecule has 0 aromatic carbocycles. The lowest BCUT2D eigenvalue weighted by atomic mass is 9.88. The number of carbonyl (C=O) groups is 1. The first kappa shape index (κ1) is 13.8. The van der Waals surface area contributed by atoms with Crippen molar-refractivity contribution in [3.63, 3.8) is 0 Å². The zero-order valence-corrected chi connectivity index (χ0v) is 11.7. The Labute approximate surface area is 111 Å². The minimum Gasteiger partial charge on any atom is -0.344 e. The molecule has 0 bridgehead atoms. The van der Waals surface area contributed by atoms with Crippen molar-refractivity contribution < 1.29 is 4.79 Å². The van der Waals surface area contributed by atoms with E-state index in [1.54, 1.807) is 0 Å². The molecule has 18 heavy (non-hydrogen) atoms. The zero-order chi connectivity index (χ0) is 12.8. The van der Waals surface area contributed by atoms with Crippen LogP contribution in [-0.4, -0.2) is 62.0 Å². The van der Waals surface area contributed by atoms with Crippen LogP contribution >= 0.6 is 0 Å². The van der Waals surface area contributed by atoms with Gasteiger partial charge >= 0.3 is 0 Å². The molecule has 1 saturated heterocycles. The van der Waals surface area contributed by atoms with Crippen molar-refractivity contribution in [2.45, 2.75) is 32.1 Å². The first-order chi connectivity index (χ1) is 8.77. The van der Waals surface area contributed by atoms with E-state index in [-0.39, 0.29) is 0 Å². The molecule has 0 radical (unpaired) electrons. The molecule has 0 aromatic rings. The molecule has 1 heterocycles. The fourth-order valence-corrected chi connectivity index (χ4v) is 3.00. The van der Waals surface area contributed by atoms with Crippen LogP contribution in [0.1, 0.15) is 32.1 Å². The lowest BCUT2D eigenvalue weighted by Gasteiger charge is -2.31. The minimum atomic E-state index is 0.312. The third-order valence-corrected chi connectivity index (χ3v) is 4.29. The van der Waals surface area contributed by atoms with Crippen LogP contribution in [0.3, 0.4) is 0 Å². The summed E-state index contributed by atoms with van der Waals surface area (Å²) in [5.74, 6) is 0.691. The lowest BCUT2D eigenvalue weighted by molar-refractivity contribution is -0.135. The Morgan fingerprint density at radius 3 is 2.56 bits per heavy atom. The van der Waals surface area contributed by atoms with Crippen molar-refractivity contribution in [1.82, 2.24) is 15.1 Å². The van der Waals surface area contributed by atoms with Gasteiger partial charge in [0.1, 0.15) is 0 Å². The fraction of sp³-hybridized carbons (Fsp3) is 0.929. The average Bonchev–Trinajstić information content (AvgIpc) is 2.46. The molecule has 4 nitrogen and oxygen atoms in total. The quantitative estimate of drug-likeness (QED) is 0.809. The minimum absolute atomic E-state index is 0.312. The maximum atomic E-state index is 12.3. The van der Waals surface area contributed by atoms with Crippen LogP contribution in [-0.2, 0) is 4.79 Å². The summed E-state index contributed by atoms with van der Waals surface area (Å²) < 4.78 is 0. The maximum Gasteiger partial charge on any atom is 0.225 e. The van der Waals surface area contributed by atoms with Gasteiger partial charge in [0.2, 0.25) is 5.91 Å². The average molecular weight is 253 g/mol. The highest BCUT2D eigenvalue weighted by Crippen LogP contribution is 2.24. The SMILES string of the molecule is CN(CCN1CCNCC1)C(=O)C1CCCCC1. The Bertz CT molecular complexity index is 258. The van der Waals surface area contributed by atoms with Gasteiger partial charge < -0.3 is 10.2 Å². The predicted octanol–water partition coefficient (Wildman–Crippen LogP) is 0.930. The first-order valence-corrected chi connectivity index (χ1v) is 7.45. The Balaban J connectivity index is 1.69. The highest BCUT2D eigenvalue weighted by atomic mass is 16.2. The predicted molar refractivity (Wildman–Crippen MR) is 73.5 cm³/mol. The number of likely N-dealkylation sites (N-methyl/N-ethyl adjacent to an activating group) is 1. The van der Waals surface area contributed by atoms with Crippen LogP contribution in [0.4, 0.5) is 0 Å². The molecular weight excluding hydrogens is 226 g/mol. The second-order valence-electron chi connectivity index (χ2n) is 5.69. The molecule has 2 aliphatic rings. The van der Waals surface area contributed by atoms with Crippen LogP contribution < -0.4 is 5.32 Å². The second kappa shape index (κ2) is 7.10. The van der Waals surface area contributed by atoms with E-state index in [0.29, 0.717) is 11.8 Å². The number of piperazine rings is 1. The third kappa shape index (κ3) is 3.95. The van der Waals surface area contributed by atoms with Crippen LogP contribution in [0.2, 0.25) is 0 Å². The van der Waals surface area contributed by atoms with Gasteiger partial charge in [0, 0.05) is 52.2 Å². The molecule has 0 unspecified atom stereocenters. The highest BCUT2D eigenvalue weighted by molar-refractivity contribution is 5.78. The molecule has 104 valence electrons. The van der Waals surface area contributed by atoms with Crippen molar-refractivity contribution in [2.24, 2.45) is 5.92 Å². The van der Waals surface area contributed by atoms with Gasteiger partial charge in [-0.25, -0.2) is 0 Å². The van der Waals surface area contributed by atoms with Crippen LogP contribution in [0.5, 0.6) is 0 Å². The molecule has 0 atom stereocenters. The first-order valence-electron chi connectivity index (χ1n) is 7.45. The van der Waals surface area contributed by atoms with Crippen molar-refractivity contribution in [3.8, 4) is 0 Å². The molecule has 1 N–H and O–H groups in total. The molecule has 0 aromatic heterocycles. The van der Waals surface area contributed by atoms with E-state index in [1.165, 1.54) is 19.3 Å². The standard InChI is InChI=1S/C14H27N3O/c1-16(11-12-17-9-7-15-8-10-17)14(18)13-5-3-2-4-6-13/h13,15H,2-12H2,1H3. The number of nitrogens with zero attached hydrogens (tertiary/aromatic N) is 2. The Hall–Kier alpha value is -0.610. The van der Waals surface area contributed by atoms with Gasteiger partial charge in [-0.15, -0.1) is 0 Å². The summed E-state index contributed by atoms with van der Waals surface area (Å²) in [4.78, 5) is 16.7. The summed E-state index contributed by atoms with van der Waals surface area (Å²) in [6.07, 6.45) is 6.01. The lowest BCUT2D eigenvalue weighted by Crippen LogP contribution is -2.47. The molecule has 1 saturated carbocycles. The highest BCUT2D eigenvalue weighted by Gasteiger charge is 2.24. The number of carbonyl (C=O) groups excluding carboxylic acids is 1. The Kier molecular flexibility index (Phi) is 5.45. The second-order valence-corrected chi connectivity index (χ2v) is 5.69. The Morgan fingerprint density at radius 1 is 1.22 bits per heavy atom. The van der Waals surface area contributed by atoms with E-state index in [1.807, 2.05) is 11.9 Å². The van der Waals surface area contributed by atoms with Crippen molar-refractivity contribution in [3.05, 3.63) is 0 Å². The van der Waals surface area contributed by atoms with E-state index < -0.39 is 0 Å². The van der Waals surface area contributed by atoms with E-state index in [0.717, 1.165) is 52.1 Å². The smallest absolute Gasteiger partial charge is 0.225 e. The largest absolute Gasteiger partial charge is 0.344 e. The number of hydrogen-bond acceptors (Lipinski definition) is 3. The number of nitrogens with one attached hydrogen (secondary N) is 1. The molecule has 2 fully saturated rings. The van der Waals surface area contributed by atoms with Gasteiger partial charge in [-0.2, -0.15) is 0 Å². The van der Waals surface area contributed by atoms with E-state index in [2.05, 4.69) is 10.2 Å². The van der Waals surface area contributed by atoms with Gasteiger partial charge in [0.25, 0.3) is 0 Å².